The highest BCUT2D eigenvalue weighted by Crippen LogP contribution is 2.41. The van der Waals surface area contributed by atoms with E-state index in [0.717, 1.165) is 62.9 Å². The van der Waals surface area contributed by atoms with Crippen molar-refractivity contribution in [2.75, 3.05) is 13.1 Å². The number of hydrogen-bond donors (Lipinski definition) is 0. The number of hydrogen-bond acceptors (Lipinski definition) is 3. The van der Waals surface area contributed by atoms with Crippen molar-refractivity contribution in [1.82, 2.24) is 19.6 Å². The molecule has 4 rings (SSSR count). The molecule has 0 bridgehead atoms. The smallest absolute Gasteiger partial charge is 0.248 e. The average molecular weight is 358 g/mol. The molecule has 2 aliphatic heterocycles. The molecule has 26 heavy (non-hydrogen) atoms. The number of amides is 2. The molecule has 1 saturated carbocycles. The Labute approximate surface area is 155 Å². The summed E-state index contributed by atoms with van der Waals surface area (Å²) in [6.07, 6.45) is 6.74. The number of carbonyl (C=O) groups is 2. The van der Waals surface area contributed by atoms with Gasteiger partial charge in [0.15, 0.2) is 0 Å². The minimum atomic E-state index is -0.582. The molecule has 0 radical (unpaired) electrons. The van der Waals surface area contributed by atoms with Gasteiger partial charge in [0.1, 0.15) is 12.1 Å². The molecule has 3 aliphatic rings. The van der Waals surface area contributed by atoms with Crippen LogP contribution in [0.2, 0.25) is 0 Å². The average Bonchev–Trinajstić information content (AvgIpc) is 3.31. The third-order valence-electron chi connectivity index (χ3n) is 6.60. The molecule has 1 aromatic heterocycles. The molecule has 1 aliphatic carbocycles. The Morgan fingerprint density at radius 1 is 1.19 bits per heavy atom. The maximum atomic E-state index is 13.3. The highest BCUT2D eigenvalue weighted by molar-refractivity contribution is 5.93. The van der Waals surface area contributed by atoms with E-state index in [9.17, 15) is 9.59 Å². The number of carbonyl (C=O) groups excluding carboxylic acids is 2. The quantitative estimate of drug-likeness (QED) is 0.829. The Hall–Kier alpha value is -1.85. The molecular formula is C20H30N4O2. The largest absolute Gasteiger partial charge is 0.338 e. The number of likely N-dealkylation sites (tertiary alicyclic amines) is 2. The van der Waals surface area contributed by atoms with Gasteiger partial charge >= 0.3 is 0 Å². The van der Waals surface area contributed by atoms with E-state index in [1.54, 1.807) is 0 Å². The minimum Gasteiger partial charge on any atom is -0.338 e. The molecule has 1 atom stereocenters. The summed E-state index contributed by atoms with van der Waals surface area (Å²) in [6.45, 7) is 7.96. The fourth-order valence-electron chi connectivity index (χ4n) is 5.09. The van der Waals surface area contributed by atoms with Crippen LogP contribution in [0.5, 0.6) is 0 Å². The Morgan fingerprint density at radius 3 is 2.50 bits per heavy atom. The van der Waals surface area contributed by atoms with E-state index in [4.69, 9.17) is 0 Å². The van der Waals surface area contributed by atoms with Crippen molar-refractivity contribution >= 4 is 11.8 Å². The fraction of sp³-hybridized carbons (Fsp3) is 0.750. The van der Waals surface area contributed by atoms with E-state index in [1.807, 2.05) is 23.4 Å². The summed E-state index contributed by atoms with van der Waals surface area (Å²) >= 11 is 0. The first kappa shape index (κ1) is 17.6. The van der Waals surface area contributed by atoms with Crippen molar-refractivity contribution in [2.24, 2.45) is 0 Å². The summed E-state index contributed by atoms with van der Waals surface area (Å²) < 4.78 is 1.83. The van der Waals surface area contributed by atoms with Gasteiger partial charge in [-0.15, -0.1) is 0 Å². The second-order valence-electron chi connectivity index (χ2n) is 8.17. The van der Waals surface area contributed by atoms with Gasteiger partial charge in [-0.1, -0.05) is 6.92 Å². The number of rotatable bonds is 4. The first-order valence-electron chi connectivity index (χ1n) is 10.1. The molecule has 3 heterocycles. The first-order valence-corrected chi connectivity index (χ1v) is 10.1. The minimum absolute atomic E-state index is 0.0433. The summed E-state index contributed by atoms with van der Waals surface area (Å²) in [7, 11) is 0. The van der Waals surface area contributed by atoms with Crippen molar-refractivity contribution in [3.63, 3.8) is 0 Å². The van der Waals surface area contributed by atoms with E-state index < -0.39 is 5.54 Å². The molecule has 142 valence electrons. The van der Waals surface area contributed by atoms with Gasteiger partial charge in [-0.3, -0.25) is 14.3 Å². The SMILES string of the molecule is CCc1c(C)nn(CC(=O)N2CCCC23CCCN(C2CC2)C3=O)c1C. The highest BCUT2D eigenvalue weighted by atomic mass is 16.2. The topological polar surface area (TPSA) is 58.4 Å². The lowest BCUT2D eigenvalue weighted by Gasteiger charge is -2.44. The van der Waals surface area contributed by atoms with Crippen LogP contribution in [0.15, 0.2) is 0 Å². The van der Waals surface area contributed by atoms with Crippen molar-refractivity contribution in [2.45, 2.75) is 83.8 Å². The van der Waals surface area contributed by atoms with Gasteiger partial charge in [0.25, 0.3) is 0 Å². The summed E-state index contributed by atoms with van der Waals surface area (Å²) in [5.74, 6) is 0.251. The van der Waals surface area contributed by atoms with Crippen LogP contribution in [0.3, 0.4) is 0 Å². The van der Waals surface area contributed by atoms with Crippen LogP contribution in [0.25, 0.3) is 0 Å². The van der Waals surface area contributed by atoms with Gasteiger partial charge in [0.2, 0.25) is 11.8 Å². The number of piperidine rings is 1. The monoisotopic (exact) mass is 358 g/mol. The summed E-state index contributed by atoms with van der Waals surface area (Å²) in [5, 5.41) is 4.57. The number of aryl methyl sites for hydroxylation is 1. The zero-order valence-corrected chi connectivity index (χ0v) is 16.3. The maximum Gasteiger partial charge on any atom is 0.248 e. The Bertz CT molecular complexity index is 736. The van der Waals surface area contributed by atoms with Crippen molar-refractivity contribution < 1.29 is 9.59 Å². The van der Waals surface area contributed by atoms with Crippen LogP contribution < -0.4 is 0 Å². The van der Waals surface area contributed by atoms with E-state index in [0.29, 0.717) is 12.6 Å². The van der Waals surface area contributed by atoms with Crippen LogP contribution in [0.4, 0.5) is 0 Å². The summed E-state index contributed by atoms with van der Waals surface area (Å²) in [5.41, 5.74) is 2.72. The lowest BCUT2D eigenvalue weighted by molar-refractivity contribution is -0.156. The van der Waals surface area contributed by atoms with Crippen LogP contribution in [-0.2, 0) is 22.6 Å². The third kappa shape index (κ3) is 2.65. The van der Waals surface area contributed by atoms with Crippen LogP contribution in [0, 0.1) is 13.8 Å². The van der Waals surface area contributed by atoms with E-state index in [2.05, 4.69) is 16.9 Å². The van der Waals surface area contributed by atoms with Crippen LogP contribution in [-0.4, -0.2) is 56.1 Å². The van der Waals surface area contributed by atoms with E-state index in [-0.39, 0.29) is 18.4 Å². The molecule has 3 fully saturated rings. The molecule has 6 nitrogen and oxygen atoms in total. The fourth-order valence-corrected chi connectivity index (χ4v) is 5.09. The van der Waals surface area contributed by atoms with Crippen molar-refractivity contribution in [1.29, 1.82) is 0 Å². The Kier molecular flexibility index (Phi) is 4.32. The zero-order valence-electron chi connectivity index (χ0n) is 16.3. The molecule has 0 aromatic carbocycles. The lowest BCUT2D eigenvalue weighted by atomic mass is 9.85. The number of aromatic nitrogens is 2. The maximum absolute atomic E-state index is 13.3. The Morgan fingerprint density at radius 2 is 1.88 bits per heavy atom. The molecule has 0 N–H and O–H groups in total. The lowest BCUT2D eigenvalue weighted by Crippen LogP contribution is -2.62. The summed E-state index contributed by atoms with van der Waals surface area (Å²) in [4.78, 5) is 30.4. The second-order valence-corrected chi connectivity index (χ2v) is 8.17. The standard InChI is InChI=1S/C20H30N4O2/c1-4-17-14(2)21-24(15(17)3)13-18(25)23-12-6-10-20(23)9-5-11-22(19(20)26)16-7-8-16/h16H,4-13H2,1-3H3. The first-order chi connectivity index (χ1) is 12.5. The number of nitrogens with zero attached hydrogens (tertiary/aromatic N) is 4. The van der Waals surface area contributed by atoms with Gasteiger partial charge < -0.3 is 9.80 Å². The Balaban J connectivity index is 1.56. The van der Waals surface area contributed by atoms with Crippen LogP contribution in [0.1, 0.15) is 62.4 Å². The van der Waals surface area contributed by atoms with Gasteiger partial charge in [-0.25, -0.2) is 0 Å². The predicted octanol–water partition coefficient (Wildman–Crippen LogP) is 2.21. The molecule has 6 heteroatoms. The molecular weight excluding hydrogens is 328 g/mol. The van der Waals surface area contributed by atoms with Gasteiger partial charge in [0, 0.05) is 24.8 Å². The van der Waals surface area contributed by atoms with Crippen molar-refractivity contribution in [3.8, 4) is 0 Å². The zero-order chi connectivity index (χ0) is 18.5. The highest BCUT2D eigenvalue weighted by Gasteiger charge is 2.54. The van der Waals surface area contributed by atoms with E-state index >= 15 is 0 Å². The van der Waals surface area contributed by atoms with Crippen LogP contribution >= 0.6 is 0 Å². The van der Waals surface area contributed by atoms with Crippen molar-refractivity contribution in [3.05, 3.63) is 17.0 Å². The van der Waals surface area contributed by atoms with E-state index in [1.165, 1.54) is 5.56 Å². The second kappa shape index (κ2) is 6.39. The predicted molar refractivity (Wildman–Crippen MR) is 98.7 cm³/mol. The van der Waals surface area contributed by atoms with Gasteiger partial charge in [-0.05, 0) is 64.4 Å². The van der Waals surface area contributed by atoms with Gasteiger partial charge in [-0.2, -0.15) is 5.10 Å². The normalized spacial score (nSPS) is 26.2. The molecule has 2 amide bonds. The van der Waals surface area contributed by atoms with Gasteiger partial charge in [0.05, 0.1) is 5.69 Å². The summed E-state index contributed by atoms with van der Waals surface area (Å²) in [6, 6.07) is 0.431. The molecule has 2 saturated heterocycles. The molecule has 1 aromatic rings. The molecule has 1 spiro atoms. The third-order valence-corrected chi connectivity index (χ3v) is 6.60. The molecule has 1 unspecified atom stereocenters.